The van der Waals surface area contributed by atoms with Crippen molar-refractivity contribution in [2.45, 2.75) is 0 Å². The molecular weight excluding hydrogens is 236 g/mol. The Morgan fingerprint density at radius 2 is 1.67 bits per heavy atom. The van der Waals surface area contributed by atoms with E-state index in [0.29, 0.717) is 0 Å². The molecule has 0 bridgehead atoms. The van der Waals surface area contributed by atoms with E-state index in [1.165, 1.54) is 12.1 Å². The Morgan fingerprint density at radius 1 is 1.13 bits per heavy atom. The Bertz CT molecular complexity index is 358. The second-order valence-electron chi connectivity index (χ2n) is 3.68. The molecule has 0 unspecified atom stereocenters. The predicted octanol–water partition coefficient (Wildman–Crippen LogP) is -2.60. The van der Waals surface area contributed by atoms with Crippen LogP contribution in [0.3, 0.4) is 0 Å². The number of benzene rings is 1. The van der Waals surface area contributed by atoms with Gasteiger partial charge in [0, 0.05) is 5.30 Å². The van der Waals surface area contributed by atoms with Gasteiger partial charge in [-0.1, -0.05) is 0 Å². The van der Waals surface area contributed by atoms with Crippen molar-refractivity contribution in [3.8, 4) is 0 Å². The number of halogens is 2. The highest BCUT2D eigenvalue weighted by Crippen LogP contribution is 2.43. The van der Waals surface area contributed by atoms with Gasteiger partial charge in [-0.2, -0.15) is 0 Å². The maximum atomic E-state index is 12.7. The SMILES string of the molecule is O=P1(c2ccc(F)cc2)CC[NH2+]CC1.[Cl-]. The van der Waals surface area contributed by atoms with Gasteiger partial charge in [-0.3, -0.25) is 0 Å². The highest BCUT2D eigenvalue weighted by atomic mass is 35.5. The van der Waals surface area contributed by atoms with Crippen LogP contribution in [0, 0.1) is 5.82 Å². The van der Waals surface area contributed by atoms with Gasteiger partial charge >= 0.3 is 0 Å². The normalized spacial score (nSPS) is 19.3. The fraction of sp³-hybridized carbons (Fsp3) is 0.400. The third-order valence-corrected chi connectivity index (χ3v) is 5.89. The van der Waals surface area contributed by atoms with E-state index in [4.69, 9.17) is 0 Å². The van der Waals surface area contributed by atoms with Gasteiger partial charge in [-0.15, -0.1) is 0 Å². The van der Waals surface area contributed by atoms with Crippen LogP contribution in [-0.4, -0.2) is 25.4 Å². The zero-order chi connectivity index (χ0) is 10.0. The molecule has 1 heterocycles. The van der Waals surface area contributed by atoms with Crippen molar-refractivity contribution in [1.29, 1.82) is 0 Å². The van der Waals surface area contributed by atoms with Gasteiger partial charge in [0.1, 0.15) is 13.0 Å². The summed E-state index contributed by atoms with van der Waals surface area (Å²) in [4.78, 5) is 0. The van der Waals surface area contributed by atoms with E-state index < -0.39 is 7.14 Å². The molecule has 0 spiro atoms. The van der Waals surface area contributed by atoms with Crippen molar-refractivity contribution in [3.63, 3.8) is 0 Å². The number of rotatable bonds is 1. The van der Waals surface area contributed by atoms with Crippen LogP contribution in [0.4, 0.5) is 4.39 Å². The Labute approximate surface area is 95.0 Å². The van der Waals surface area contributed by atoms with Crippen LogP contribution in [0.1, 0.15) is 0 Å². The highest BCUT2D eigenvalue weighted by Gasteiger charge is 2.28. The summed E-state index contributed by atoms with van der Waals surface area (Å²) in [5.74, 6) is -0.260. The molecule has 0 aliphatic carbocycles. The molecule has 2 nitrogen and oxygen atoms in total. The second kappa shape index (κ2) is 5.11. The smallest absolute Gasteiger partial charge is 0.126 e. The van der Waals surface area contributed by atoms with Crippen molar-refractivity contribution in [3.05, 3.63) is 30.1 Å². The molecule has 1 fully saturated rings. The van der Waals surface area contributed by atoms with Crippen LogP contribution in [0.15, 0.2) is 24.3 Å². The molecule has 1 aliphatic rings. The monoisotopic (exact) mass is 249 g/mol. The summed E-state index contributed by atoms with van der Waals surface area (Å²) < 4.78 is 25.1. The second-order valence-corrected chi connectivity index (χ2v) is 6.87. The molecule has 1 aromatic rings. The summed E-state index contributed by atoms with van der Waals surface area (Å²) in [7, 11) is -2.18. The highest BCUT2D eigenvalue weighted by molar-refractivity contribution is 7.71. The minimum atomic E-state index is -2.18. The van der Waals surface area contributed by atoms with Crippen molar-refractivity contribution >= 4 is 12.4 Å². The molecule has 84 valence electrons. The molecule has 0 aromatic heterocycles. The topological polar surface area (TPSA) is 33.7 Å². The van der Waals surface area contributed by atoms with Crippen LogP contribution in [-0.2, 0) is 4.57 Å². The average molecular weight is 250 g/mol. The molecule has 0 saturated carbocycles. The number of hydrogen-bond donors (Lipinski definition) is 1. The van der Waals surface area contributed by atoms with Gasteiger partial charge in [0.2, 0.25) is 0 Å². The summed E-state index contributed by atoms with van der Waals surface area (Å²) >= 11 is 0. The first-order valence-electron chi connectivity index (χ1n) is 4.87. The van der Waals surface area contributed by atoms with Crippen LogP contribution in [0.5, 0.6) is 0 Å². The van der Waals surface area contributed by atoms with Gasteiger partial charge in [0.05, 0.1) is 25.4 Å². The molecule has 1 aromatic carbocycles. The molecule has 1 aliphatic heterocycles. The van der Waals surface area contributed by atoms with Crippen LogP contribution < -0.4 is 23.0 Å². The number of nitrogens with two attached hydrogens (primary N) is 1. The van der Waals surface area contributed by atoms with E-state index in [1.54, 1.807) is 12.1 Å². The van der Waals surface area contributed by atoms with E-state index in [9.17, 15) is 8.96 Å². The summed E-state index contributed by atoms with van der Waals surface area (Å²) in [6, 6.07) is 6.13. The minimum Gasteiger partial charge on any atom is -1.00 e. The third kappa shape index (κ3) is 2.81. The molecule has 0 radical (unpaired) electrons. The lowest BCUT2D eigenvalue weighted by atomic mass is 10.3. The first-order chi connectivity index (χ1) is 6.71. The summed E-state index contributed by atoms with van der Waals surface area (Å²) in [5, 5.41) is 3.02. The average Bonchev–Trinajstić information content (AvgIpc) is 2.19. The van der Waals surface area contributed by atoms with Crippen LogP contribution in [0.2, 0.25) is 0 Å². The fourth-order valence-corrected chi connectivity index (χ4v) is 4.46. The van der Waals surface area contributed by atoms with Crippen LogP contribution in [0.25, 0.3) is 0 Å². The zero-order valence-electron chi connectivity index (χ0n) is 8.33. The molecule has 5 heteroatoms. The first kappa shape index (κ1) is 12.7. The van der Waals surface area contributed by atoms with Gasteiger partial charge < -0.3 is 22.3 Å². The van der Waals surface area contributed by atoms with Gasteiger partial charge in [0.15, 0.2) is 0 Å². The van der Waals surface area contributed by atoms with Crippen molar-refractivity contribution in [1.82, 2.24) is 0 Å². The minimum absolute atomic E-state index is 0. The lowest BCUT2D eigenvalue weighted by Gasteiger charge is -2.21. The summed E-state index contributed by atoms with van der Waals surface area (Å²) in [6.07, 6.45) is 1.50. The molecule has 15 heavy (non-hydrogen) atoms. The lowest BCUT2D eigenvalue weighted by molar-refractivity contribution is -0.649. The quantitative estimate of drug-likeness (QED) is 0.544. The van der Waals surface area contributed by atoms with Crippen molar-refractivity contribution < 1.29 is 26.7 Å². The maximum Gasteiger partial charge on any atom is 0.126 e. The van der Waals surface area contributed by atoms with Crippen LogP contribution >= 0.6 is 7.14 Å². The van der Waals surface area contributed by atoms with E-state index in [0.717, 1.165) is 30.7 Å². The molecule has 1 saturated heterocycles. The Kier molecular flexibility index (Phi) is 4.32. The Morgan fingerprint density at radius 3 is 2.20 bits per heavy atom. The van der Waals surface area contributed by atoms with E-state index >= 15 is 0 Å². The van der Waals surface area contributed by atoms with E-state index in [2.05, 4.69) is 5.32 Å². The molecule has 0 atom stereocenters. The fourth-order valence-electron chi connectivity index (χ4n) is 1.83. The molecule has 0 amide bonds. The molecular formula is C10H14ClFNOP. The van der Waals surface area contributed by atoms with Gasteiger partial charge in [-0.05, 0) is 24.3 Å². The predicted molar refractivity (Wildman–Crippen MR) is 55.0 cm³/mol. The first-order valence-corrected chi connectivity index (χ1v) is 6.94. The van der Waals surface area contributed by atoms with E-state index in [-0.39, 0.29) is 18.2 Å². The van der Waals surface area contributed by atoms with E-state index in [1.807, 2.05) is 0 Å². The van der Waals surface area contributed by atoms with Gasteiger partial charge in [0.25, 0.3) is 0 Å². The lowest BCUT2D eigenvalue weighted by Crippen LogP contribution is -3.00. The van der Waals surface area contributed by atoms with Crippen molar-refractivity contribution in [2.75, 3.05) is 25.4 Å². The Hall–Kier alpha value is -0.370. The third-order valence-electron chi connectivity index (χ3n) is 2.69. The largest absolute Gasteiger partial charge is 1.00 e. The Balaban J connectivity index is 0.00000112. The molecule has 2 N–H and O–H groups in total. The standard InChI is InChI=1S/C10H13FNOP.ClH/c11-9-1-3-10(4-2-9)14(13)7-5-12-6-8-14;/h1-4,12H,5-8H2;1H. The summed E-state index contributed by atoms with van der Waals surface area (Å²) in [6.45, 7) is 1.85. The summed E-state index contributed by atoms with van der Waals surface area (Å²) in [5.41, 5.74) is 0. The molecule has 2 rings (SSSR count). The zero-order valence-corrected chi connectivity index (χ0v) is 9.98. The number of quaternary nitrogens is 1. The maximum absolute atomic E-state index is 12.7. The van der Waals surface area contributed by atoms with Gasteiger partial charge in [-0.25, -0.2) is 4.39 Å². The van der Waals surface area contributed by atoms with Crippen molar-refractivity contribution in [2.24, 2.45) is 0 Å². The number of hydrogen-bond acceptors (Lipinski definition) is 1.